The number of ether oxygens (including phenoxy) is 3. The molecule has 7 atom stereocenters. The summed E-state index contributed by atoms with van der Waals surface area (Å²) in [5.41, 5.74) is 2.09. The van der Waals surface area contributed by atoms with Gasteiger partial charge in [0.1, 0.15) is 11.5 Å². The smallest absolute Gasteiger partial charge is 0.338 e. The summed E-state index contributed by atoms with van der Waals surface area (Å²) in [6, 6.07) is 18.5. The summed E-state index contributed by atoms with van der Waals surface area (Å²) >= 11 is 9.32. The van der Waals surface area contributed by atoms with Gasteiger partial charge in [0, 0.05) is 32.3 Å². The number of methoxy groups -OCH3 is 1. The molecule has 4 aliphatic rings. The number of nitrogens with one attached hydrogen (secondary N) is 2. The molecule has 2 N–H and O–H groups in total. The summed E-state index contributed by atoms with van der Waals surface area (Å²) in [6.07, 6.45) is 0.718. The lowest BCUT2D eigenvalue weighted by molar-refractivity contribution is -0.123. The van der Waals surface area contributed by atoms with E-state index in [0.29, 0.717) is 39.0 Å². The number of carbonyl (C=O) groups excluding carboxylic acids is 4. The van der Waals surface area contributed by atoms with E-state index in [9.17, 15) is 24.0 Å². The van der Waals surface area contributed by atoms with Crippen molar-refractivity contribution in [3.05, 3.63) is 97.4 Å². The second kappa shape index (κ2) is 13.2. The molecule has 1 aromatic heterocycles. The summed E-state index contributed by atoms with van der Waals surface area (Å²) in [6.45, 7) is 1.67. The second-order valence-corrected chi connectivity index (χ2v) is 15.6. The van der Waals surface area contributed by atoms with E-state index < -0.39 is 23.7 Å². The maximum absolute atomic E-state index is 14.1. The number of anilines is 2. The van der Waals surface area contributed by atoms with Crippen LogP contribution in [0.5, 0.6) is 11.5 Å². The van der Waals surface area contributed by atoms with E-state index in [1.54, 1.807) is 86.5 Å². The number of imide groups is 1. The summed E-state index contributed by atoms with van der Waals surface area (Å²) in [5.74, 6) is -1.78. The molecule has 262 valence electrons. The van der Waals surface area contributed by atoms with Gasteiger partial charge in [-0.25, -0.2) is 4.79 Å². The average molecular weight is 746 g/mol. The van der Waals surface area contributed by atoms with Gasteiger partial charge < -0.3 is 24.5 Å². The lowest BCUT2D eigenvalue weighted by atomic mass is 9.68. The number of amides is 3. The number of hydrogen-bond acceptors (Lipinski definition) is 10. The van der Waals surface area contributed by atoms with E-state index in [0.717, 1.165) is 27.7 Å². The number of carbonyl (C=O) groups is 4. The van der Waals surface area contributed by atoms with Crippen LogP contribution in [0.1, 0.15) is 40.1 Å². The molecule has 1 saturated heterocycles. The Labute approximate surface area is 305 Å². The van der Waals surface area contributed by atoms with Gasteiger partial charge in [-0.3, -0.25) is 24.1 Å². The normalized spacial score (nSPS) is 25.6. The van der Waals surface area contributed by atoms with Crippen molar-refractivity contribution in [3.63, 3.8) is 0 Å². The zero-order valence-electron chi connectivity index (χ0n) is 27.4. The minimum absolute atomic E-state index is 0.0423. The lowest BCUT2D eigenvalue weighted by Gasteiger charge is -2.43. The first-order valence-electron chi connectivity index (χ1n) is 16.6. The van der Waals surface area contributed by atoms with Gasteiger partial charge in [-0.15, -0.1) is 11.8 Å². The monoisotopic (exact) mass is 745 g/mol. The van der Waals surface area contributed by atoms with Crippen molar-refractivity contribution in [2.45, 2.75) is 29.5 Å². The Morgan fingerprint density at radius 1 is 0.980 bits per heavy atom. The molecule has 3 aromatic carbocycles. The average Bonchev–Trinajstić information content (AvgIpc) is 3.87. The van der Waals surface area contributed by atoms with Crippen molar-refractivity contribution in [1.82, 2.24) is 4.98 Å². The zero-order valence-corrected chi connectivity index (χ0v) is 29.8. The Balaban J connectivity index is 1.08. The van der Waals surface area contributed by atoms with E-state index in [4.69, 9.17) is 25.8 Å². The molecule has 8 rings (SSSR count). The van der Waals surface area contributed by atoms with Gasteiger partial charge in [-0.2, -0.15) is 0 Å². The Morgan fingerprint density at radius 2 is 1.71 bits per heavy atom. The van der Waals surface area contributed by atoms with Crippen molar-refractivity contribution < 1.29 is 33.4 Å². The number of aromatic amines is 1. The van der Waals surface area contributed by atoms with Crippen molar-refractivity contribution in [1.29, 1.82) is 0 Å². The number of rotatable bonds is 9. The molecule has 3 heterocycles. The van der Waals surface area contributed by atoms with Gasteiger partial charge in [-0.05, 0) is 97.8 Å². The molecule has 0 radical (unpaired) electrons. The van der Waals surface area contributed by atoms with Gasteiger partial charge in [0.25, 0.3) is 5.91 Å². The van der Waals surface area contributed by atoms with Crippen LogP contribution in [0.3, 0.4) is 0 Å². The highest BCUT2D eigenvalue weighted by Gasteiger charge is 2.70. The minimum Gasteiger partial charge on any atom is -0.497 e. The molecule has 3 fully saturated rings. The topological polar surface area (TPSA) is 144 Å². The fourth-order valence-corrected chi connectivity index (χ4v) is 11.5. The predicted octanol–water partition coefficient (Wildman–Crippen LogP) is 5.97. The third kappa shape index (κ3) is 5.71. The van der Waals surface area contributed by atoms with Crippen LogP contribution in [0.25, 0.3) is 0 Å². The number of hydrogen-bond donors (Lipinski definition) is 2. The summed E-state index contributed by atoms with van der Waals surface area (Å²) < 4.78 is 16.5. The Kier molecular flexibility index (Phi) is 8.67. The number of thiazole rings is 1. The molecule has 2 bridgehead atoms. The standard InChI is InChI=1S/C37H32ClN3O8S2/c1-3-48-36(45)17-4-7-19(8-5-17)39-26(42)16-49-25-13-6-18(38)14-22(25)27-28-23-15-24(31(28)50-33-32(27)51-37(46)40-33)30-29(23)34(43)41(35(30)44)20-9-11-21(47-2)12-10-20/h4-14,23-24,27-31H,3,15-16H2,1-2H3,(H,39,42)(H,40,46)/t23-,24-,27-,28?,29?,30?,31?/m1/s1. The van der Waals surface area contributed by atoms with Gasteiger partial charge in [0.2, 0.25) is 11.8 Å². The molecule has 2 saturated carbocycles. The van der Waals surface area contributed by atoms with Crippen LogP contribution >= 0.6 is 34.7 Å². The maximum atomic E-state index is 14.1. The van der Waals surface area contributed by atoms with E-state index in [-0.39, 0.29) is 58.8 Å². The molecule has 4 aromatic rings. The summed E-state index contributed by atoms with van der Waals surface area (Å²) in [7, 11) is 1.56. The Morgan fingerprint density at radius 3 is 2.41 bits per heavy atom. The Hall–Kier alpha value is -4.59. The molecule has 2 aliphatic heterocycles. The van der Waals surface area contributed by atoms with Crippen molar-refractivity contribution in [2.24, 2.45) is 29.6 Å². The number of aromatic nitrogens is 1. The molecular weight excluding hydrogens is 714 g/mol. The number of benzene rings is 3. The third-order valence-corrected chi connectivity index (χ3v) is 13.2. The first-order valence-corrected chi connectivity index (χ1v) is 18.6. The van der Waals surface area contributed by atoms with Crippen molar-refractivity contribution in [3.8, 4) is 11.5 Å². The van der Waals surface area contributed by atoms with E-state index in [2.05, 4.69) is 10.3 Å². The van der Waals surface area contributed by atoms with Crippen LogP contribution < -0.4 is 24.6 Å². The van der Waals surface area contributed by atoms with Gasteiger partial charge in [0.05, 0.1) is 41.8 Å². The van der Waals surface area contributed by atoms with Crippen LogP contribution in [-0.4, -0.2) is 54.2 Å². The minimum atomic E-state index is -0.490. The largest absolute Gasteiger partial charge is 0.497 e. The lowest BCUT2D eigenvalue weighted by Crippen LogP contribution is -2.42. The highest BCUT2D eigenvalue weighted by molar-refractivity contribution is 8.00. The fraction of sp³-hybridized carbons (Fsp3) is 0.324. The SMILES string of the molecule is CCOC(=O)c1ccc(NC(=O)COc2ccc(Cl)cc2[C@H]2c3sc(=O)[nH]c3SC3C2[C@H]2C[C@@H]3C3C(=O)N(c4ccc(OC)cc4)C(=O)C32)cc1. The second-order valence-electron chi connectivity index (χ2n) is 13.0. The number of halogens is 1. The molecule has 4 unspecified atom stereocenters. The van der Waals surface area contributed by atoms with Gasteiger partial charge in [0.15, 0.2) is 6.61 Å². The molecule has 3 amide bonds. The van der Waals surface area contributed by atoms with Crippen molar-refractivity contribution in [2.75, 3.05) is 30.5 Å². The highest BCUT2D eigenvalue weighted by atomic mass is 35.5. The molecule has 2 aliphatic carbocycles. The van der Waals surface area contributed by atoms with Crippen molar-refractivity contribution >= 4 is 69.8 Å². The van der Waals surface area contributed by atoms with E-state index in [1.807, 2.05) is 6.07 Å². The molecule has 0 spiro atoms. The van der Waals surface area contributed by atoms with Crippen LogP contribution in [0.2, 0.25) is 5.02 Å². The summed E-state index contributed by atoms with van der Waals surface area (Å²) in [4.78, 5) is 70.9. The number of thioether (sulfide) groups is 1. The number of fused-ring (bicyclic) bond motifs is 9. The quantitative estimate of drug-likeness (QED) is 0.156. The molecule has 14 heteroatoms. The summed E-state index contributed by atoms with van der Waals surface area (Å²) in [5, 5.41) is 3.95. The fourth-order valence-electron chi connectivity index (χ4n) is 8.49. The van der Waals surface area contributed by atoms with Crippen LogP contribution in [0, 0.1) is 29.6 Å². The van der Waals surface area contributed by atoms with Crippen LogP contribution in [0.15, 0.2) is 76.6 Å². The van der Waals surface area contributed by atoms with Gasteiger partial charge in [-0.1, -0.05) is 22.9 Å². The first-order chi connectivity index (χ1) is 24.7. The first kappa shape index (κ1) is 33.5. The predicted molar refractivity (Wildman–Crippen MR) is 192 cm³/mol. The maximum Gasteiger partial charge on any atom is 0.338 e. The molecule has 51 heavy (non-hydrogen) atoms. The van der Waals surface area contributed by atoms with E-state index >= 15 is 0 Å². The number of esters is 1. The van der Waals surface area contributed by atoms with E-state index in [1.165, 1.54) is 4.90 Å². The Bertz CT molecular complexity index is 2120. The number of nitrogens with zero attached hydrogens (tertiary/aromatic N) is 1. The molecular formula is C37H32ClN3O8S2. The number of H-pyrrole nitrogens is 1. The van der Waals surface area contributed by atoms with Crippen LogP contribution in [-0.2, 0) is 19.1 Å². The highest BCUT2D eigenvalue weighted by Crippen LogP contribution is 2.69. The van der Waals surface area contributed by atoms with Crippen LogP contribution in [0.4, 0.5) is 11.4 Å². The zero-order chi connectivity index (χ0) is 35.6. The third-order valence-electron chi connectivity index (χ3n) is 10.4. The molecule has 11 nitrogen and oxygen atoms in total. The van der Waals surface area contributed by atoms with Gasteiger partial charge >= 0.3 is 10.8 Å².